The normalized spacial score (nSPS) is 16.8. The van der Waals surface area contributed by atoms with Crippen molar-refractivity contribution in [3.8, 4) is 5.75 Å². The number of ether oxygens (including phenoxy) is 2. The molecule has 4 nitrogen and oxygen atoms in total. The highest BCUT2D eigenvalue weighted by molar-refractivity contribution is 5.73. The predicted octanol–water partition coefficient (Wildman–Crippen LogP) is 2.26. The Morgan fingerprint density at radius 1 is 1.41 bits per heavy atom. The quantitative estimate of drug-likeness (QED) is 0.787. The van der Waals surface area contributed by atoms with E-state index in [1.807, 2.05) is 25.1 Å². The van der Waals surface area contributed by atoms with Gasteiger partial charge in [0.1, 0.15) is 5.75 Å². The number of hydrogen-bond donors (Lipinski definition) is 2. The summed E-state index contributed by atoms with van der Waals surface area (Å²) in [6.45, 7) is 4.23. The van der Waals surface area contributed by atoms with E-state index in [0.717, 1.165) is 37.5 Å². The molecule has 3 N–H and O–H groups in total. The van der Waals surface area contributed by atoms with E-state index in [4.69, 9.17) is 15.2 Å². The third-order valence-electron chi connectivity index (χ3n) is 2.95. The largest absolute Gasteiger partial charge is 0.492 e. The summed E-state index contributed by atoms with van der Waals surface area (Å²) in [5.41, 5.74) is 7.72. The zero-order valence-corrected chi connectivity index (χ0v) is 10.2. The number of nitrogens with two attached hydrogens (primary N) is 1. The van der Waals surface area contributed by atoms with Gasteiger partial charge in [-0.05, 0) is 31.9 Å². The lowest BCUT2D eigenvalue weighted by Crippen LogP contribution is -2.28. The molecule has 17 heavy (non-hydrogen) atoms. The molecule has 0 radical (unpaired) electrons. The first-order valence-electron chi connectivity index (χ1n) is 6.17. The Kier molecular flexibility index (Phi) is 4.09. The fourth-order valence-corrected chi connectivity index (χ4v) is 2.01. The summed E-state index contributed by atoms with van der Waals surface area (Å²) < 4.78 is 10.8. The highest BCUT2D eigenvalue weighted by atomic mass is 16.5. The molecule has 1 heterocycles. The molecule has 2 rings (SSSR count). The van der Waals surface area contributed by atoms with Crippen LogP contribution in [0.3, 0.4) is 0 Å². The molecule has 0 unspecified atom stereocenters. The maximum Gasteiger partial charge on any atom is 0.144 e. The molecular weight excluding hydrogens is 216 g/mol. The second-order valence-electron chi connectivity index (χ2n) is 4.18. The zero-order valence-electron chi connectivity index (χ0n) is 10.2. The van der Waals surface area contributed by atoms with Crippen LogP contribution in [0.25, 0.3) is 0 Å². The summed E-state index contributed by atoms with van der Waals surface area (Å²) >= 11 is 0. The van der Waals surface area contributed by atoms with Crippen LogP contribution >= 0.6 is 0 Å². The van der Waals surface area contributed by atoms with E-state index >= 15 is 0 Å². The highest BCUT2D eigenvalue weighted by Gasteiger charge is 2.15. The highest BCUT2D eigenvalue weighted by Crippen LogP contribution is 2.30. The first-order chi connectivity index (χ1) is 8.31. The van der Waals surface area contributed by atoms with Gasteiger partial charge in [0, 0.05) is 19.3 Å². The van der Waals surface area contributed by atoms with Crippen LogP contribution in [0.15, 0.2) is 18.2 Å². The minimum absolute atomic E-state index is 0.447. The number of anilines is 2. The van der Waals surface area contributed by atoms with Gasteiger partial charge < -0.3 is 20.5 Å². The lowest BCUT2D eigenvalue weighted by atomic mass is 10.1. The Labute approximate surface area is 102 Å². The molecule has 94 valence electrons. The molecule has 1 aliphatic heterocycles. The van der Waals surface area contributed by atoms with Gasteiger partial charge in [-0.1, -0.05) is 6.07 Å². The third-order valence-corrected chi connectivity index (χ3v) is 2.95. The van der Waals surface area contributed by atoms with Gasteiger partial charge in [0.2, 0.25) is 0 Å². The second-order valence-corrected chi connectivity index (χ2v) is 4.18. The van der Waals surface area contributed by atoms with Crippen molar-refractivity contribution in [1.29, 1.82) is 0 Å². The Bertz CT molecular complexity index is 362. The van der Waals surface area contributed by atoms with Gasteiger partial charge in [-0.25, -0.2) is 0 Å². The van der Waals surface area contributed by atoms with E-state index in [0.29, 0.717) is 18.3 Å². The lowest BCUT2D eigenvalue weighted by Gasteiger charge is -2.25. The van der Waals surface area contributed by atoms with Crippen molar-refractivity contribution >= 4 is 11.4 Å². The van der Waals surface area contributed by atoms with Crippen LogP contribution in [0.5, 0.6) is 5.75 Å². The number of para-hydroxylation sites is 1. The van der Waals surface area contributed by atoms with Crippen LogP contribution in [-0.2, 0) is 4.74 Å². The van der Waals surface area contributed by atoms with Crippen molar-refractivity contribution in [2.45, 2.75) is 25.8 Å². The molecule has 1 fully saturated rings. The van der Waals surface area contributed by atoms with E-state index < -0.39 is 0 Å². The summed E-state index contributed by atoms with van der Waals surface area (Å²) in [6, 6.07) is 6.30. The van der Waals surface area contributed by atoms with Crippen molar-refractivity contribution in [3.63, 3.8) is 0 Å². The van der Waals surface area contributed by atoms with Crippen molar-refractivity contribution in [3.05, 3.63) is 18.2 Å². The van der Waals surface area contributed by atoms with Crippen LogP contribution in [0, 0.1) is 0 Å². The van der Waals surface area contributed by atoms with Crippen LogP contribution in [0.1, 0.15) is 19.8 Å². The van der Waals surface area contributed by atoms with E-state index in [1.54, 1.807) is 0 Å². The third kappa shape index (κ3) is 3.03. The Morgan fingerprint density at radius 2 is 2.18 bits per heavy atom. The molecule has 1 saturated heterocycles. The smallest absolute Gasteiger partial charge is 0.144 e. The molecule has 4 heteroatoms. The van der Waals surface area contributed by atoms with Gasteiger partial charge in [-0.15, -0.1) is 0 Å². The molecule has 0 atom stereocenters. The number of nitrogens with one attached hydrogen (secondary N) is 1. The van der Waals surface area contributed by atoms with Crippen LogP contribution in [0.4, 0.5) is 11.4 Å². The molecule has 0 aromatic heterocycles. The molecule has 0 aliphatic carbocycles. The number of benzene rings is 1. The van der Waals surface area contributed by atoms with Crippen LogP contribution in [0.2, 0.25) is 0 Å². The van der Waals surface area contributed by atoms with Crippen molar-refractivity contribution in [2.24, 2.45) is 0 Å². The summed E-state index contributed by atoms with van der Waals surface area (Å²) in [4.78, 5) is 0. The Morgan fingerprint density at radius 3 is 2.88 bits per heavy atom. The minimum Gasteiger partial charge on any atom is -0.492 e. The second kappa shape index (κ2) is 5.77. The van der Waals surface area contributed by atoms with E-state index in [2.05, 4.69) is 5.32 Å². The van der Waals surface area contributed by atoms with Gasteiger partial charge >= 0.3 is 0 Å². The zero-order chi connectivity index (χ0) is 12.1. The van der Waals surface area contributed by atoms with E-state index in [9.17, 15) is 0 Å². The van der Waals surface area contributed by atoms with Crippen LogP contribution < -0.4 is 15.8 Å². The topological polar surface area (TPSA) is 56.5 Å². The van der Waals surface area contributed by atoms with Gasteiger partial charge in [0.15, 0.2) is 0 Å². The standard InChI is InChI=1S/C13H20N2O2/c1-2-17-12-5-3-4-11(13(12)14)15-10-6-8-16-9-7-10/h3-5,10,15H,2,6-9,14H2,1H3. The molecule has 1 aliphatic rings. The maximum absolute atomic E-state index is 6.07. The monoisotopic (exact) mass is 236 g/mol. The van der Waals surface area contributed by atoms with Gasteiger partial charge in [0.25, 0.3) is 0 Å². The molecule has 0 amide bonds. The van der Waals surface area contributed by atoms with Crippen LogP contribution in [-0.4, -0.2) is 25.9 Å². The molecular formula is C13H20N2O2. The fourth-order valence-electron chi connectivity index (χ4n) is 2.01. The molecule has 0 spiro atoms. The van der Waals surface area contributed by atoms with Crippen molar-refractivity contribution < 1.29 is 9.47 Å². The molecule has 0 saturated carbocycles. The molecule has 1 aromatic carbocycles. The summed E-state index contributed by atoms with van der Waals surface area (Å²) in [6.07, 6.45) is 2.05. The van der Waals surface area contributed by atoms with E-state index in [1.165, 1.54) is 0 Å². The summed E-state index contributed by atoms with van der Waals surface area (Å²) in [5, 5.41) is 3.46. The number of rotatable bonds is 4. The first-order valence-corrected chi connectivity index (χ1v) is 6.17. The predicted molar refractivity (Wildman–Crippen MR) is 69.5 cm³/mol. The Balaban J connectivity index is 2.06. The molecule has 1 aromatic rings. The van der Waals surface area contributed by atoms with Gasteiger partial charge in [-0.3, -0.25) is 0 Å². The average Bonchev–Trinajstić information content (AvgIpc) is 2.36. The lowest BCUT2D eigenvalue weighted by molar-refractivity contribution is 0.0904. The average molecular weight is 236 g/mol. The summed E-state index contributed by atoms with van der Waals surface area (Å²) in [7, 11) is 0. The Hall–Kier alpha value is -1.42. The van der Waals surface area contributed by atoms with E-state index in [-0.39, 0.29) is 0 Å². The molecule has 0 bridgehead atoms. The SMILES string of the molecule is CCOc1cccc(NC2CCOCC2)c1N. The summed E-state index contributed by atoms with van der Waals surface area (Å²) in [5.74, 6) is 0.754. The minimum atomic E-state index is 0.447. The fraction of sp³-hybridized carbons (Fsp3) is 0.538. The number of nitrogen functional groups attached to an aromatic ring is 1. The maximum atomic E-state index is 6.07. The first kappa shape index (κ1) is 12.0. The van der Waals surface area contributed by atoms with Gasteiger partial charge in [-0.2, -0.15) is 0 Å². The van der Waals surface area contributed by atoms with Crippen molar-refractivity contribution in [2.75, 3.05) is 30.9 Å². The number of hydrogen-bond acceptors (Lipinski definition) is 4. The van der Waals surface area contributed by atoms with Crippen molar-refractivity contribution in [1.82, 2.24) is 0 Å². The van der Waals surface area contributed by atoms with Gasteiger partial charge in [0.05, 0.1) is 18.0 Å².